The zero-order valence-electron chi connectivity index (χ0n) is 54.5. The van der Waals surface area contributed by atoms with Gasteiger partial charge in [-0.2, -0.15) is 11.8 Å². The molecule has 4 rings (SSSR count). The third-order valence-electron chi connectivity index (χ3n) is 16.0. The SMILES string of the molecule is CSCC[C@H](NC(=O)[C@H](CC(C)C)NC(=O)CNC(=O)[C@@H](Cc1ccccc1)NC(=O)[C@H](Cc1ccccc1)NC(=O)[C@H](CCC(N)=O)NC(=O)[C@@H](CCC(N)=O)NC(=O)[C@@H]1CCCN1C(=O)[C@@H](CCCCN)NC(=O)[C@@H]1CCCN1C(=O)[C@@H](N)CCCN=C(N)N)C(N)=O. The van der Waals surface area contributed by atoms with Gasteiger partial charge in [-0.15, -0.1) is 0 Å². The number of primary amides is 3. The van der Waals surface area contributed by atoms with E-state index in [0.717, 1.165) is 0 Å². The van der Waals surface area contributed by atoms with Gasteiger partial charge in [0.25, 0.3) is 0 Å². The average molecular weight is 1350 g/mol. The van der Waals surface area contributed by atoms with Crippen molar-refractivity contribution >= 4 is 94.5 Å². The minimum absolute atomic E-state index is 0.0736. The number of carbonyl (C=O) groups is 13. The van der Waals surface area contributed by atoms with Gasteiger partial charge >= 0.3 is 0 Å². The van der Waals surface area contributed by atoms with E-state index in [1.54, 1.807) is 60.7 Å². The highest BCUT2D eigenvalue weighted by Gasteiger charge is 2.42. The van der Waals surface area contributed by atoms with Crippen molar-refractivity contribution in [2.45, 2.75) is 183 Å². The standard InChI is InChI=1S/C63H98N18O13S/c1-37(2)33-45(57(89)74-41(53(68)85)27-32-95-3)73-52(84)36-72-54(86)46(34-38-15-6-4-7-16-38)78-58(90)47(35-39-17-8-5-9-18-39)79-56(88)42(23-25-50(66)82)75-55(87)43(24-26-51(67)83)76-59(91)49-22-14-31-81(49)62(94)44(20-10-11-28-64)77-60(92)48-21-13-30-80(48)61(93)40(65)19-12-29-71-63(69)70/h4-9,15-18,37,40-49H,10-14,19-36,64-65H2,1-3H3,(H2,66,82)(H2,67,83)(H2,68,85)(H,72,86)(H,73,84)(H,74,89)(H,75,87)(H,76,91)(H,77,92)(H,78,90)(H,79,88)(H4,69,70,71)/t40-,41-,42-,43+,44+,45-,46+,47-,48-,49-/m0/s1. The van der Waals surface area contributed by atoms with Gasteiger partial charge in [0, 0.05) is 45.3 Å². The molecule has 22 N–H and O–H groups in total. The lowest BCUT2D eigenvalue weighted by Gasteiger charge is -2.32. The lowest BCUT2D eigenvalue weighted by atomic mass is 10.0. The molecule has 31 nitrogen and oxygen atoms in total. The van der Waals surface area contributed by atoms with Crippen LogP contribution >= 0.6 is 11.8 Å². The van der Waals surface area contributed by atoms with Gasteiger partial charge in [0.05, 0.1) is 12.6 Å². The lowest BCUT2D eigenvalue weighted by Crippen LogP contribution is -2.60. The van der Waals surface area contributed by atoms with Crippen molar-refractivity contribution in [3.8, 4) is 0 Å². The third kappa shape index (κ3) is 27.5. The summed E-state index contributed by atoms with van der Waals surface area (Å²) >= 11 is 1.45. The number of aliphatic imine (C=N–C) groups is 1. The van der Waals surface area contributed by atoms with Crippen LogP contribution in [0.5, 0.6) is 0 Å². The number of amides is 13. The van der Waals surface area contributed by atoms with Gasteiger partial charge in [-0.3, -0.25) is 67.3 Å². The van der Waals surface area contributed by atoms with Crippen LogP contribution in [0.2, 0.25) is 0 Å². The van der Waals surface area contributed by atoms with E-state index in [1.807, 2.05) is 20.1 Å². The first-order valence-corrected chi connectivity index (χ1v) is 33.6. The molecule has 2 aliphatic rings. The fraction of sp³-hybridized carbons (Fsp3) is 0.587. The van der Waals surface area contributed by atoms with E-state index in [4.69, 9.17) is 40.1 Å². The van der Waals surface area contributed by atoms with E-state index in [9.17, 15) is 62.3 Å². The number of guanidine groups is 1. The van der Waals surface area contributed by atoms with Gasteiger partial charge in [-0.25, -0.2) is 0 Å². The molecule has 0 spiro atoms. The van der Waals surface area contributed by atoms with E-state index < -0.39 is 169 Å². The van der Waals surface area contributed by atoms with Crippen LogP contribution < -0.4 is 82.7 Å². The molecule has 2 saturated heterocycles. The van der Waals surface area contributed by atoms with Crippen LogP contribution in [0, 0.1) is 5.92 Å². The second-order valence-electron chi connectivity index (χ2n) is 24.1. The van der Waals surface area contributed by atoms with Crippen LogP contribution in [0.15, 0.2) is 65.7 Å². The van der Waals surface area contributed by atoms with Crippen molar-refractivity contribution in [3.05, 3.63) is 71.8 Å². The molecule has 2 aliphatic heterocycles. The van der Waals surface area contributed by atoms with Crippen LogP contribution in [0.1, 0.15) is 121 Å². The van der Waals surface area contributed by atoms with E-state index in [1.165, 1.54) is 21.6 Å². The number of thioether (sulfide) groups is 1. The largest absolute Gasteiger partial charge is 0.370 e. The fourth-order valence-electron chi connectivity index (χ4n) is 11.0. The van der Waals surface area contributed by atoms with E-state index in [0.29, 0.717) is 55.4 Å². The number of unbranched alkanes of at least 4 members (excludes halogenated alkanes) is 1. The Labute approximate surface area is 558 Å². The van der Waals surface area contributed by atoms with Crippen molar-refractivity contribution in [2.75, 3.05) is 44.7 Å². The monoisotopic (exact) mass is 1350 g/mol. The molecular weight excluding hydrogens is 1250 g/mol. The molecule has 0 aromatic heterocycles. The van der Waals surface area contributed by atoms with Gasteiger partial charge in [0.15, 0.2) is 5.96 Å². The van der Waals surface area contributed by atoms with Gasteiger partial charge < -0.3 is 92.5 Å². The molecule has 0 radical (unpaired) electrons. The van der Waals surface area contributed by atoms with E-state index in [-0.39, 0.29) is 83.0 Å². The Morgan fingerprint density at radius 2 is 1.01 bits per heavy atom. The summed E-state index contributed by atoms with van der Waals surface area (Å²) in [5.74, 6) is -9.80. The maximum Gasteiger partial charge on any atom is 0.245 e. The van der Waals surface area contributed by atoms with Crippen LogP contribution in [-0.2, 0) is 75.2 Å². The Bertz CT molecular complexity index is 2960. The zero-order valence-corrected chi connectivity index (χ0v) is 55.3. The lowest BCUT2D eigenvalue weighted by molar-refractivity contribution is -0.144. The summed E-state index contributed by atoms with van der Waals surface area (Å²) in [4.78, 5) is 185. The van der Waals surface area contributed by atoms with Crippen molar-refractivity contribution < 1.29 is 62.3 Å². The maximum atomic E-state index is 14.7. The Hall–Kier alpha value is -8.91. The van der Waals surface area contributed by atoms with Gasteiger partial charge in [-0.1, -0.05) is 74.5 Å². The van der Waals surface area contributed by atoms with E-state index in [2.05, 4.69) is 47.5 Å². The highest BCUT2D eigenvalue weighted by molar-refractivity contribution is 7.98. The summed E-state index contributed by atoms with van der Waals surface area (Å²) < 4.78 is 0. The quantitative estimate of drug-likeness (QED) is 0.0173. The summed E-state index contributed by atoms with van der Waals surface area (Å²) in [6, 6.07) is 4.51. The molecule has 2 heterocycles. The summed E-state index contributed by atoms with van der Waals surface area (Å²) in [5.41, 5.74) is 40.6. The van der Waals surface area contributed by atoms with Crippen LogP contribution in [0.3, 0.4) is 0 Å². The van der Waals surface area contributed by atoms with Crippen LogP contribution in [0.25, 0.3) is 0 Å². The normalized spacial score (nSPS) is 16.8. The molecular formula is C63H98N18O13S. The second-order valence-corrected chi connectivity index (χ2v) is 25.1. The predicted octanol–water partition coefficient (Wildman–Crippen LogP) is -3.71. The first-order valence-electron chi connectivity index (χ1n) is 32.2. The molecule has 95 heavy (non-hydrogen) atoms. The number of nitrogens with one attached hydrogen (secondary N) is 8. The number of rotatable bonds is 42. The highest BCUT2D eigenvalue weighted by atomic mass is 32.2. The Kier molecular flexibility index (Phi) is 33.9. The smallest absolute Gasteiger partial charge is 0.245 e. The maximum absolute atomic E-state index is 14.7. The number of benzene rings is 2. The molecule has 32 heteroatoms. The predicted molar refractivity (Wildman–Crippen MR) is 356 cm³/mol. The first-order chi connectivity index (χ1) is 45.2. The number of hydrogen-bond acceptors (Lipinski definition) is 17. The molecule has 2 aromatic rings. The Balaban J connectivity index is 1.56. The molecule has 0 saturated carbocycles. The summed E-state index contributed by atoms with van der Waals surface area (Å²) in [6.45, 7) is 3.86. The van der Waals surface area contributed by atoms with Gasteiger partial charge in [0.1, 0.15) is 54.4 Å². The minimum atomic E-state index is -1.64. The molecule has 524 valence electrons. The molecule has 13 amide bonds. The van der Waals surface area contributed by atoms with Crippen molar-refractivity contribution in [1.29, 1.82) is 0 Å². The number of likely N-dealkylation sites (tertiary alicyclic amines) is 2. The first kappa shape index (κ1) is 78.5. The third-order valence-corrected chi connectivity index (χ3v) is 16.7. The number of carbonyl (C=O) groups excluding carboxylic acids is 13. The van der Waals surface area contributed by atoms with Crippen molar-refractivity contribution in [2.24, 2.45) is 51.0 Å². The zero-order chi connectivity index (χ0) is 70.1. The van der Waals surface area contributed by atoms with Crippen molar-refractivity contribution in [1.82, 2.24) is 52.3 Å². The molecule has 0 bridgehead atoms. The number of nitrogens with two attached hydrogens (primary N) is 7. The molecule has 2 aromatic carbocycles. The fourth-order valence-corrected chi connectivity index (χ4v) is 11.5. The number of nitrogens with zero attached hydrogens (tertiary/aromatic N) is 3. The van der Waals surface area contributed by atoms with Gasteiger partial charge in [0.2, 0.25) is 76.8 Å². The van der Waals surface area contributed by atoms with E-state index >= 15 is 0 Å². The molecule has 0 unspecified atom stereocenters. The Morgan fingerprint density at radius 1 is 0.537 bits per heavy atom. The topological polar surface area (TPSA) is 519 Å². The highest BCUT2D eigenvalue weighted by Crippen LogP contribution is 2.24. The molecule has 10 atom stereocenters. The summed E-state index contributed by atoms with van der Waals surface area (Å²) in [5, 5.41) is 21.1. The summed E-state index contributed by atoms with van der Waals surface area (Å²) in [6.07, 6.45) is 3.12. The van der Waals surface area contributed by atoms with Crippen LogP contribution in [-0.4, -0.2) is 198 Å². The Morgan fingerprint density at radius 3 is 1.51 bits per heavy atom. The number of hydrogen-bond donors (Lipinski definition) is 15. The van der Waals surface area contributed by atoms with Crippen molar-refractivity contribution in [3.63, 3.8) is 0 Å². The summed E-state index contributed by atoms with van der Waals surface area (Å²) in [7, 11) is 0. The molecule has 0 aliphatic carbocycles. The average Bonchev–Trinajstić information content (AvgIpc) is 1.74. The van der Waals surface area contributed by atoms with Gasteiger partial charge in [-0.05, 0) is 119 Å². The second kappa shape index (κ2) is 41.0. The van der Waals surface area contributed by atoms with Crippen LogP contribution in [0.4, 0.5) is 0 Å². The minimum Gasteiger partial charge on any atom is -0.370 e. The molecule has 2 fully saturated rings.